The topological polar surface area (TPSA) is 85.1 Å². The maximum atomic E-state index is 13.5. The van der Waals surface area contributed by atoms with Gasteiger partial charge in [-0.05, 0) is 18.2 Å². The highest BCUT2D eigenvalue weighted by molar-refractivity contribution is 9.10. The molecule has 0 amide bonds. The molecule has 0 saturated heterocycles. The highest BCUT2D eigenvalue weighted by Crippen LogP contribution is 2.19. The molecule has 0 aliphatic heterocycles. The van der Waals surface area contributed by atoms with Crippen LogP contribution in [0.2, 0.25) is 0 Å². The van der Waals surface area contributed by atoms with E-state index in [4.69, 9.17) is 0 Å². The van der Waals surface area contributed by atoms with Gasteiger partial charge in [-0.3, -0.25) is 0 Å². The van der Waals surface area contributed by atoms with E-state index >= 15 is 0 Å². The maximum absolute atomic E-state index is 13.5. The van der Waals surface area contributed by atoms with Gasteiger partial charge in [-0.15, -0.1) is 0 Å². The van der Waals surface area contributed by atoms with E-state index in [-0.39, 0.29) is 12.4 Å². The molecule has 1 aromatic heterocycles. The SMILES string of the molecule is O=S(=O)(NCc1ncon1)c1ccc(Br)cc1F. The number of benzene rings is 1. The molecule has 1 N–H and O–H groups in total. The molecule has 0 fully saturated rings. The molecule has 2 aromatic rings. The number of nitrogens with one attached hydrogen (secondary N) is 1. The predicted octanol–water partition coefficient (Wildman–Crippen LogP) is 1.45. The zero-order valence-corrected chi connectivity index (χ0v) is 11.2. The molecule has 96 valence electrons. The van der Waals surface area contributed by atoms with Crippen LogP contribution >= 0.6 is 15.9 Å². The van der Waals surface area contributed by atoms with Crippen molar-refractivity contribution in [2.45, 2.75) is 11.4 Å². The van der Waals surface area contributed by atoms with E-state index in [1.807, 2.05) is 0 Å². The summed E-state index contributed by atoms with van der Waals surface area (Å²) in [6, 6.07) is 3.67. The second-order valence-corrected chi connectivity index (χ2v) is 5.90. The summed E-state index contributed by atoms with van der Waals surface area (Å²) in [5.74, 6) is -0.680. The van der Waals surface area contributed by atoms with Crippen LogP contribution < -0.4 is 4.72 Å². The molecule has 0 spiro atoms. The van der Waals surface area contributed by atoms with Gasteiger partial charge in [0.15, 0.2) is 5.82 Å². The minimum atomic E-state index is -3.95. The lowest BCUT2D eigenvalue weighted by molar-refractivity contribution is 0.409. The van der Waals surface area contributed by atoms with Gasteiger partial charge in [0.1, 0.15) is 10.7 Å². The Morgan fingerprint density at radius 3 is 2.83 bits per heavy atom. The fraction of sp³-hybridized carbons (Fsp3) is 0.111. The summed E-state index contributed by atoms with van der Waals surface area (Å²) in [5.41, 5.74) is 0. The molecule has 0 unspecified atom stereocenters. The lowest BCUT2D eigenvalue weighted by atomic mass is 10.3. The van der Waals surface area contributed by atoms with Gasteiger partial charge in [0, 0.05) is 4.47 Å². The monoisotopic (exact) mass is 335 g/mol. The number of hydrogen-bond acceptors (Lipinski definition) is 5. The van der Waals surface area contributed by atoms with E-state index in [9.17, 15) is 12.8 Å². The second-order valence-electron chi connectivity index (χ2n) is 3.25. The zero-order valence-electron chi connectivity index (χ0n) is 8.80. The Kier molecular flexibility index (Phi) is 3.73. The van der Waals surface area contributed by atoms with E-state index in [2.05, 4.69) is 35.3 Å². The smallest absolute Gasteiger partial charge is 0.243 e. The first-order valence-electron chi connectivity index (χ1n) is 4.69. The Balaban J connectivity index is 2.20. The van der Waals surface area contributed by atoms with Crippen LogP contribution in [0.3, 0.4) is 0 Å². The Morgan fingerprint density at radius 1 is 1.44 bits per heavy atom. The molecule has 2 rings (SSSR count). The van der Waals surface area contributed by atoms with Gasteiger partial charge in [0.25, 0.3) is 0 Å². The van der Waals surface area contributed by atoms with Gasteiger partial charge in [-0.1, -0.05) is 21.1 Å². The van der Waals surface area contributed by atoms with Crippen molar-refractivity contribution >= 4 is 26.0 Å². The quantitative estimate of drug-likeness (QED) is 0.913. The van der Waals surface area contributed by atoms with Crippen LogP contribution in [-0.2, 0) is 16.6 Å². The molecule has 0 aliphatic rings. The minimum Gasteiger partial charge on any atom is -0.343 e. The van der Waals surface area contributed by atoms with Gasteiger partial charge < -0.3 is 4.52 Å². The minimum absolute atomic E-state index is 0.163. The number of sulfonamides is 1. The largest absolute Gasteiger partial charge is 0.343 e. The molecule has 18 heavy (non-hydrogen) atoms. The number of hydrogen-bond donors (Lipinski definition) is 1. The van der Waals surface area contributed by atoms with E-state index in [1.54, 1.807) is 0 Å². The van der Waals surface area contributed by atoms with Crippen molar-refractivity contribution in [1.82, 2.24) is 14.9 Å². The molecular weight excluding hydrogens is 329 g/mol. The van der Waals surface area contributed by atoms with Gasteiger partial charge in [0.2, 0.25) is 16.4 Å². The predicted molar refractivity (Wildman–Crippen MR) is 62.4 cm³/mol. The number of aromatic nitrogens is 2. The normalized spacial score (nSPS) is 11.7. The van der Waals surface area contributed by atoms with Crippen molar-refractivity contribution in [3.05, 3.63) is 40.7 Å². The van der Waals surface area contributed by atoms with Crippen molar-refractivity contribution in [2.24, 2.45) is 0 Å². The zero-order chi connectivity index (χ0) is 13.2. The van der Waals surface area contributed by atoms with Gasteiger partial charge in [0.05, 0.1) is 6.54 Å². The summed E-state index contributed by atoms with van der Waals surface area (Å²) in [7, 11) is -3.95. The van der Waals surface area contributed by atoms with Crippen LogP contribution in [0.4, 0.5) is 4.39 Å². The standard InChI is InChI=1S/C9H7BrFN3O3S/c10-6-1-2-8(7(11)3-6)18(15,16)13-4-9-12-5-17-14-9/h1-3,5,13H,4H2. The van der Waals surface area contributed by atoms with Gasteiger partial charge >= 0.3 is 0 Å². The van der Waals surface area contributed by atoms with Crippen LogP contribution in [0.5, 0.6) is 0 Å². The third-order valence-electron chi connectivity index (χ3n) is 2.01. The summed E-state index contributed by atoms with van der Waals surface area (Å²) >= 11 is 3.05. The van der Waals surface area contributed by atoms with Crippen molar-refractivity contribution < 1.29 is 17.3 Å². The first kappa shape index (κ1) is 13.1. The number of nitrogens with zero attached hydrogens (tertiary/aromatic N) is 2. The molecule has 6 nitrogen and oxygen atoms in total. The summed E-state index contributed by atoms with van der Waals surface area (Å²) in [4.78, 5) is 3.21. The number of rotatable bonds is 4. The Bertz CT molecular complexity index is 645. The second kappa shape index (κ2) is 5.12. The lowest BCUT2D eigenvalue weighted by Crippen LogP contribution is -2.24. The highest BCUT2D eigenvalue weighted by Gasteiger charge is 2.19. The van der Waals surface area contributed by atoms with E-state index < -0.39 is 20.7 Å². The maximum Gasteiger partial charge on any atom is 0.243 e. The molecule has 0 radical (unpaired) electrons. The van der Waals surface area contributed by atoms with Crippen LogP contribution in [-0.4, -0.2) is 18.6 Å². The van der Waals surface area contributed by atoms with Crippen molar-refractivity contribution in [3.63, 3.8) is 0 Å². The first-order valence-corrected chi connectivity index (χ1v) is 6.96. The molecule has 0 saturated carbocycles. The Labute approximate surface area is 110 Å². The summed E-state index contributed by atoms with van der Waals surface area (Å²) < 4.78 is 44.2. The lowest BCUT2D eigenvalue weighted by Gasteiger charge is -2.06. The molecule has 9 heteroatoms. The fourth-order valence-electron chi connectivity index (χ4n) is 1.20. The summed E-state index contributed by atoms with van der Waals surface area (Å²) in [5, 5.41) is 3.44. The molecule has 0 aliphatic carbocycles. The first-order chi connectivity index (χ1) is 8.49. The van der Waals surface area contributed by atoms with Crippen molar-refractivity contribution in [3.8, 4) is 0 Å². The molecule has 0 bridgehead atoms. The molecule has 1 aromatic carbocycles. The van der Waals surface area contributed by atoms with Crippen molar-refractivity contribution in [2.75, 3.05) is 0 Å². The summed E-state index contributed by atoms with van der Waals surface area (Å²) in [6.45, 7) is -0.172. The molecule has 1 heterocycles. The van der Waals surface area contributed by atoms with Gasteiger partial charge in [-0.25, -0.2) is 17.5 Å². The van der Waals surface area contributed by atoms with Crippen molar-refractivity contribution in [1.29, 1.82) is 0 Å². The molecular formula is C9H7BrFN3O3S. The Morgan fingerprint density at radius 2 is 2.22 bits per heavy atom. The van der Waals surface area contributed by atoms with E-state index in [0.29, 0.717) is 4.47 Å². The van der Waals surface area contributed by atoms with Crippen LogP contribution in [0.25, 0.3) is 0 Å². The third kappa shape index (κ3) is 2.92. The number of halogens is 2. The average molecular weight is 336 g/mol. The van der Waals surface area contributed by atoms with Crippen LogP contribution in [0.15, 0.2) is 38.5 Å². The van der Waals surface area contributed by atoms with Crippen LogP contribution in [0.1, 0.15) is 5.82 Å². The molecule has 0 atom stereocenters. The van der Waals surface area contributed by atoms with Crippen LogP contribution in [0, 0.1) is 5.82 Å². The average Bonchev–Trinajstić information content (AvgIpc) is 2.78. The Hall–Kier alpha value is -1.32. The fourth-order valence-corrected chi connectivity index (χ4v) is 2.57. The summed E-state index contributed by atoms with van der Waals surface area (Å²) in [6.07, 6.45) is 1.07. The van der Waals surface area contributed by atoms with E-state index in [1.165, 1.54) is 6.07 Å². The van der Waals surface area contributed by atoms with E-state index in [0.717, 1.165) is 18.5 Å². The third-order valence-corrected chi connectivity index (χ3v) is 3.94. The highest BCUT2D eigenvalue weighted by atomic mass is 79.9. The van der Waals surface area contributed by atoms with Gasteiger partial charge in [-0.2, -0.15) is 4.98 Å².